The molecule has 2 aliphatic heterocycles. The highest BCUT2D eigenvalue weighted by atomic mass is 32.2. The van der Waals surface area contributed by atoms with E-state index in [2.05, 4.69) is 9.97 Å². The van der Waals surface area contributed by atoms with Gasteiger partial charge in [-0.1, -0.05) is 11.3 Å². The van der Waals surface area contributed by atoms with E-state index in [-0.39, 0.29) is 68.4 Å². The second-order valence-corrected chi connectivity index (χ2v) is 14.8. The fraction of sp³-hybridized carbons (Fsp3) is 0.484. The van der Waals surface area contributed by atoms with E-state index in [1.807, 2.05) is 0 Å². The van der Waals surface area contributed by atoms with Gasteiger partial charge in [-0.3, -0.25) is 14.3 Å². The van der Waals surface area contributed by atoms with Crippen LogP contribution in [-0.2, 0) is 15.7 Å². The van der Waals surface area contributed by atoms with Crippen molar-refractivity contribution >= 4 is 56.1 Å². The molecule has 10 nitrogen and oxygen atoms in total. The first-order valence-electron chi connectivity index (χ1n) is 14.9. The summed E-state index contributed by atoms with van der Waals surface area (Å²) in [7, 11) is 1.47. The molecule has 2 aromatic heterocycles. The van der Waals surface area contributed by atoms with Gasteiger partial charge in [0.2, 0.25) is 0 Å². The highest BCUT2D eigenvalue weighted by Gasteiger charge is 2.41. The van der Waals surface area contributed by atoms with Gasteiger partial charge >= 0.3 is 22.8 Å². The van der Waals surface area contributed by atoms with Gasteiger partial charge in [-0.05, 0) is 52.8 Å². The lowest BCUT2D eigenvalue weighted by molar-refractivity contribution is -0.137. The van der Waals surface area contributed by atoms with Gasteiger partial charge in [0.05, 0.1) is 46.0 Å². The van der Waals surface area contributed by atoms with E-state index in [1.165, 1.54) is 17.7 Å². The number of amides is 1. The van der Waals surface area contributed by atoms with Crippen LogP contribution in [-0.4, -0.2) is 75.8 Å². The van der Waals surface area contributed by atoms with Crippen molar-refractivity contribution < 1.29 is 31.8 Å². The molecule has 1 amide bonds. The number of hydrogen-bond acceptors (Lipinski definition) is 9. The van der Waals surface area contributed by atoms with Crippen molar-refractivity contribution in [1.82, 2.24) is 19.4 Å². The smallest absolute Gasteiger partial charge is 0.417 e. The van der Waals surface area contributed by atoms with E-state index < -0.39 is 57.9 Å². The first-order valence-corrected chi connectivity index (χ1v) is 16.7. The quantitative estimate of drug-likeness (QED) is 0.250. The van der Waals surface area contributed by atoms with Crippen LogP contribution >= 0.6 is 23.1 Å². The second kappa shape index (κ2) is 11.8. The summed E-state index contributed by atoms with van der Waals surface area (Å²) in [6, 6.07) is 1.85. The van der Waals surface area contributed by atoms with Crippen LogP contribution in [0.5, 0.6) is 0 Å². The van der Waals surface area contributed by atoms with Crippen molar-refractivity contribution in [3.63, 3.8) is 0 Å². The van der Waals surface area contributed by atoms with E-state index in [0.29, 0.717) is 11.3 Å². The standard InChI is InChI=1S/C31H33F4N5O5S2/c1-14-10-38(11-15(2)39(14)29(43)45-30(3,4)5)26-18-9-19(31(33,34)35)21(17-7-8-20(32)24-22(17)36-28(42)47-24)25-23(18)40(27(41)37-26)16(12-44-6)13-46-25/h7-9,14-16H,10-13H2,1-6H3,(H,36,42)/t14-,15+,16-/m0/s1. The summed E-state index contributed by atoms with van der Waals surface area (Å²) in [4.78, 5) is 48.9. The number of carbonyl (C=O) groups excluding carboxylic acids is 1. The minimum absolute atomic E-state index is 0.00718. The number of benzene rings is 2. The molecule has 1 N–H and O–H groups in total. The molecular formula is C31H33F4N5O5S2. The van der Waals surface area contributed by atoms with Crippen molar-refractivity contribution in [2.24, 2.45) is 0 Å². The summed E-state index contributed by atoms with van der Waals surface area (Å²) in [6.45, 7) is 9.35. The molecule has 0 aliphatic carbocycles. The molecule has 0 radical (unpaired) electrons. The second-order valence-electron chi connectivity index (χ2n) is 12.8. The van der Waals surface area contributed by atoms with Crippen molar-refractivity contribution in [1.29, 1.82) is 0 Å². The van der Waals surface area contributed by atoms with E-state index >= 15 is 13.2 Å². The van der Waals surface area contributed by atoms with Crippen LogP contribution < -0.4 is 15.5 Å². The maximum atomic E-state index is 15.1. The number of thioether (sulfide) groups is 1. The lowest BCUT2D eigenvalue weighted by Crippen LogP contribution is -2.60. The minimum atomic E-state index is -4.88. The number of fused-ring (bicyclic) bond motifs is 1. The summed E-state index contributed by atoms with van der Waals surface area (Å²) in [5, 5.41) is 0.103. The third kappa shape index (κ3) is 5.88. The number of ether oxygens (including phenoxy) is 2. The van der Waals surface area contributed by atoms with Gasteiger partial charge in [0, 0.05) is 47.4 Å². The molecule has 4 heterocycles. The molecule has 47 heavy (non-hydrogen) atoms. The summed E-state index contributed by atoms with van der Waals surface area (Å²) < 4.78 is 72.3. The Bertz CT molecular complexity index is 2010. The van der Waals surface area contributed by atoms with Gasteiger partial charge in [-0.2, -0.15) is 18.2 Å². The summed E-state index contributed by atoms with van der Waals surface area (Å²) in [5.41, 5.74) is -2.48. The van der Waals surface area contributed by atoms with E-state index in [0.717, 1.165) is 23.9 Å². The molecule has 2 aliphatic rings. The largest absolute Gasteiger partial charge is 0.444 e. The predicted molar refractivity (Wildman–Crippen MR) is 173 cm³/mol. The zero-order chi connectivity index (χ0) is 34.2. The number of carbonyl (C=O) groups is 1. The Hall–Kier alpha value is -3.63. The van der Waals surface area contributed by atoms with Gasteiger partial charge in [0.15, 0.2) is 0 Å². The average molecular weight is 696 g/mol. The third-order valence-electron chi connectivity index (χ3n) is 8.22. The molecule has 0 spiro atoms. The van der Waals surface area contributed by atoms with Crippen LogP contribution in [0.1, 0.15) is 46.2 Å². The average Bonchev–Trinajstić information content (AvgIpc) is 3.36. The van der Waals surface area contributed by atoms with E-state index in [4.69, 9.17) is 9.47 Å². The van der Waals surface area contributed by atoms with Gasteiger partial charge in [-0.25, -0.2) is 14.0 Å². The topological polar surface area (TPSA) is 110 Å². The zero-order valence-electron chi connectivity index (χ0n) is 26.5. The highest BCUT2D eigenvalue weighted by Crippen LogP contribution is 2.51. The number of thiazole rings is 1. The minimum Gasteiger partial charge on any atom is -0.444 e. The Labute approximate surface area is 274 Å². The lowest BCUT2D eigenvalue weighted by Gasteiger charge is -2.45. The zero-order valence-corrected chi connectivity index (χ0v) is 28.1. The van der Waals surface area contributed by atoms with Gasteiger partial charge in [0.25, 0.3) is 0 Å². The number of piperazine rings is 1. The SMILES string of the molecule is COC[C@H]1CSc2c(-c3ccc(F)c4sc(=O)[nH]c34)c(C(F)(F)F)cc3c(N4C[C@@H](C)N(C(=O)OC(C)(C)C)[C@@H](C)C4)nc(=O)n1c23. The van der Waals surface area contributed by atoms with Crippen molar-refractivity contribution in [3.05, 3.63) is 49.7 Å². The summed E-state index contributed by atoms with van der Waals surface area (Å²) >= 11 is 1.71. The summed E-state index contributed by atoms with van der Waals surface area (Å²) in [5.74, 6) is -0.466. The number of rotatable bonds is 4. The Kier molecular flexibility index (Phi) is 8.36. The number of methoxy groups -OCH3 is 1. The predicted octanol–water partition coefficient (Wildman–Crippen LogP) is 6.25. The van der Waals surface area contributed by atoms with Crippen molar-refractivity contribution in [2.45, 2.75) is 69.4 Å². The molecule has 4 aromatic rings. The van der Waals surface area contributed by atoms with Crippen LogP contribution in [0.25, 0.3) is 32.2 Å². The molecule has 3 atom stereocenters. The highest BCUT2D eigenvalue weighted by molar-refractivity contribution is 7.99. The molecule has 0 bridgehead atoms. The molecule has 16 heteroatoms. The Balaban J connectivity index is 1.61. The molecule has 6 rings (SSSR count). The van der Waals surface area contributed by atoms with E-state index in [1.54, 1.807) is 44.4 Å². The molecule has 0 saturated carbocycles. The molecular weight excluding hydrogens is 662 g/mol. The molecule has 1 fully saturated rings. The van der Waals surface area contributed by atoms with E-state index in [9.17, 15) is 18.8 Å². The van der Waals surface area contributed by atoms with Crippen LogP contribution in [0.4, 0.5) is 28.2 Å². The number of alkyl halides is 3. The molecule has 2 aromatic carbocycles. The number of nitrogens with one attached hydrogen (secondary N) is 1. The first-order chi connectivity index (χ1) is 22.0. The Morgan fingerprint density at radius 1 is 1.13 bits per heavy atom. The monoisotopic (exact) mass is 695 g/mol. The van der Waals surface area contributed by atoms with Gasteiger partial charge < -0.3 is 19.4 Å². The van der Waals surface area contributed by atoms with Gasteiger partial charge in [0.1, 0.15) is 17.2 Å². The van der Waals surface area contributed by atoms with Crippen molar-refractivity contribution in [3.8, 4) is 11.1 Å². The Morgan fingerprint density at radius 2 is 1.81 bits per heavy atom. The van der Waals surface area contributed by atoms with Crippen LogP contribution in [0.3, 0.4) is 0 Å². The number of H-pyrrole nitrogens is 1. The Morgan fingerprint density at radius 3 is 2.43 bits per heavy atom. The molecule has 0 unspecified atom stereocenters. The van der Waals surface area contributed by atoms with Gasteiger partial charge in [-0.15, -0.1) is 11.8 Å². The fourth-order valence-electron chi connectivity index (χ4n) is 6.52. The number of halogens is 4. The summed E-state index contributed by atoms with van der Waals surface area (Å²) in [6.07, 6.45) is -5.39. The fourth-order valence-corrected chi connectivity index (χ4v) is 8.60. The normalized spacial score (nSPS) is 20.3. The maximum Gasteiger partial charge on any atom is 0.417 e. The number of nitrogens with zero attached hydrogens (tertiary/aromatic N) is 4. The number of hydrogen-bond donors (Lipinski definition) is 1. The lowest BCUT2D eigenvalue weighted by atomic mass is 9.95. The van der Waals surface area contributed by atoms with Crippen LogP contribution in [0.2, 0.25) is 0 Å². The maximum absolute atomic E-state index is 15.1. The van der Waals surface area contributed by atoms with Crippen molar-refractivity contribution in [2.75, 3.05) is 37.5 Å². The third-order valence-corrected chi connectivity index (χ3v) is 10.3. The van der Waals surface area contributed by atoms with Crippen LogP contribution in [0, 0.1) is 5.82 Å². The number of aromatic nitrogens is 3. The molecule has 252 valence electrons. The first kappa shape index (κ1) is 33.3. The number of aromatic amines is 1. The molecule has 1 saturated heterocycles. The number of anilines is 1. The van der Waals surface area contributed by atoms with Crippen LogP contribution in [0.15, 0.2) is 32.7 Å².